The van der Waals surface area contributed by atoms with Crippen LogP contribution in [-0.2, 0) is 0 Å². The third kappa shape index (κ3) is 1.64. The third-order valence-electron chi connectivity index (χ3n) is 1.02. The zero-order valence-corrected chi connectivity index (χ0v) is 8.70. The van der Waals surface area contributed by atoms with Crippen LogP contribution >= 0.6 is 0 Å². The molecule has 4 nitrogen and oxygen atoms in total. The molecule has 0 fully saturated rings. The number of rotatable bonds is 1. The first-order valence-corrected chi connectivity index (χ1v) is 12.8. The Morgan fingerprint density at radius 2 is 2.00 bits per heavy atom. The van der Waals surface area contributed by atoms with Crippen LogP contribution in [0, 0.1) is 0 Å². The molecule has 0 saturated carbocycles. The predicted octanol–water partition coefficient (Wildman–Crippen LogP) is -0.255. The number of hydrogen-bond donors (Lipinski definition) is 1. The molecule has 0 aliphatic heterocycles. The summed E-state index contributed by atoms with van der Waals surface area (Å²) >= 11 is -1.96. The van der Waals surface area contributed by atoms with Crippen molar-refractivity contribution in [2.24, 2.45) is 0 Å². The van der Waals surface area contributed by atoms with E-state index in [9.17, 15) is 0 Å². The molecule has 1 heterocycles. The van der Waals surface area contributed by atoms with Crippen LogP contribution < -0.4 is 3.84 Å². The van der Waals surface area contributed by atoms with Gasteiger partial charge >= 0.3 is 57.7 Å². The summed E-state index contributed by atoms with van der Waals surface area (Å²) in [4.78, 5) is 6.75. The molecule has 0 aromatic carbocycles. The van der Waals surface area contributed by atoms with E-state index in [1.165, 1.54) is 0 Å². The maximum absolute atomic E-state index is 3.93. The van der Waals surface area contributed by atoms with Crippen LogP contribution in [0.4, 0.5) is 0 Å². The summed E-state index contributed by atoms with van der Waals surface area (Å²) in [7, 11) is 0. The summed E-state index contributed by atoms with van der Waals surface area (Å²) in [5.41, 5.74) is 0. The van der Waals surface area contributed by atoms with Crippen LogP contribution in [0.15, 0.2) is 0 Å². The van der Waals surface area contributed by atoms with Gasteiger partial charge in [-0.2, -0.15) is 0 Å². The van der Waals surface area contributed by atoms with Gasteiger partial charge in [-0.15, -0.1) is 0 Å². The van der Waals surface area contributed by atoms with Crippen molar-refractivity contribution in [2.75, 3.05) is 0 Å². The first-order valence-electron chi connectivity index (χ1n) is 2.84. The molecule has 0 amide bonds. The molecule has 0 aliphatic rings. The summed E-state index contributed by atoms with van der Waals surface area (Å²) in [6.45, 7) is 0. The molecule has 5 heteroatoms. The van der Waals surface area contributed by atoms with Gasteiger partial charge in [0.25, 0.3) is 0 Å². The van der Waals surface area contributed by atoms with Crippen molar-refractivity contribution < 1.29 is 0 Å². The van der Waals surface area contributed by atoms with Crippen molar-refractivity contribution in [1.29, 1.82) is 0 Å². The number of hydrogen-bond acceptors (Lipinski definition) is 3. The van der Waals surface area contributed by atoms with Gasteiger partial charge < -0.3 is 0 Å². The Kier molecular flexibility index (Phi) is 1.74. The molecular weight excluding hydrogens is 223 g/mol. The van der Waals surface area contributed by atoms with Gasteiger partial charge in [-0.25, -0.2) is 0 Å². The quantitative estimate of drug-likeness (QED) is 0.680. The third-order valence-corrected chi connectivity index (χ3v) is 5.45. The minimum atomic E-state index is -1.96. The van der Waals surface area contributed by atoms with Crippen LogP contribution in [0.1, 0.15) is 0 Å². The van der Waals surface area contributed by atoms with Gasteiger partial charge in [-0.05, 0) is 0 Å². The Morgan fingerprint density at radius 1 is 1.33 bits per heavy atom. The normalized spacial score (nSPS) is 11.9. The number of tetrazole rings is 1. The van der Waals surface area contributed by atoms with E-state index in [0.717, 1.165) is 3.84 Å². The van der Waals surface area contributed by atoms with Gasteiger partial charge in [0.05, 0.1) is 0 Å². The average Bonchev–Trinajstić information content (AvgIpc) is 2.08. The van der Waals surface area contributed by atoms with Gasteiger partial charge in [0.1, 0.15) is 0 Å². The molecule has 0 radical (unpaired) electrons. The van der Waals surface area contributed by atoms with Gasteiger partial charge in [-0.1, -0.05) is 0 Å². The van der Waals surface area contributed by atoms with Gasteiger partial charge in [0.15, 0.2) is 0 Å². The van der Waals surface area contributed by atoms with E-state index in [-0.39, 0.29) is 0 Å². The monoisotopic (exact) mass is 234 g/mol. The summed E-state index contributed by atoms with van der Waals surface area (Å²) in [6.07, 6.45) is 0. The first-order chi connectivity index (χ1) is 4.11. The van der Waals surface area contributed by atoms with E-state index in [4.69, 9.17) is 0 Å². The molecule has 1 aromatic rings. The summed E-state index contributed by atoms with van der Waals surface area (Å²) in [5, 5.41) is 13.8. The van der Waals surface area contributed by atoms with Gasteiger partial charge in [0, 0.05) is 0 Å². The molecule has 0 atom stereocenters. The van der Waals surface area contributed by atoms with Crippen molar-refractivity contribution in [1.82, 2.24) is 20.6 Å². The van der Waals surface area contributed by atoms with E-state index >= 15 is 0 Å². The van der Waals surface area contributed by atoms with E-state index in [1.807, 2.05) is 0 Å². The minimum absolute atomic E-state index is 0.962. The van der Waals surface area contributed by atoms with E-state index in [0.29, 0.717) is 0 Å². The van der Waals surface area contributed by atoms with E-state index in [2.05, 4.69) is 35.4 Å². The van der Waals surface area contributed by atoms with Gasteiger partial charge in [0.2, 0.25) is 0 Å². The zero-order chi connectivity index (χ0) is 6.91. The second kappa shape index (κ2) is 2.24. The fourth-order valence-electron chi connectivity index (χ4n) is 0.480. The van der Waals surface area contributed by atoms with E-state index < -0.39 is 18.4 Å². The Morgan fingerprint density at radius 3 is 2.22 bits per heavy atom. The zero-order valence-electron chi connectivity index (χ0n) is 5.84. The summed E-state index contributed by atoms with van der Waals surface area (Å²) in [5.74, 6) is 0. The van der Waals surface area contributed by atoms with Crippen molar-refractivity contribution in [3.8, 4) is 0 Å². The van der Waals surface area contributed by atoms with Crippen LogP contribution in [0.2, 0.25) is 14.8 Å². The van der Waals surface area contributed by atoms with Crippen molar-refractivity contribution >= 4 is 22.2 Å². The number of aromatic amines is 1. The fourth-order valence-corrected chi connectivity index (χ4v) is 2.58. The first kappa shape index (κ1) is 6.98. The predicted molar refractivity (Wildman–Crippen MR) is 37.2 cm³/mol. The molecule has 0 aliphatic carbocycles. The maximum atomic E-state index is 3.93. The molecule has 50 valence electrons. The number of nitrogens with zero attached hydrogens (tertiary/aromatic N) is 3. The van der Waals surface area contributed by atoms with Crippen LogP contribution in [0.25, 0.3) is 0 Å². The average molecular weight is 233 g/mol. The number of aromatic nitrogens is 4. The van der Waals surface area contributed by atoms with Crippen LogP contribution in [0.5, 0.6) is 0 Å². The molecule has 0 unspecified atom stereocenters. The molecule has 0 bridgehead atoms. The Labute approximate surface area is 57.9 Å². The fraction of sp³-hybridized carbons (Fsp3) is 0.750. The SMILES string of the molecule is [CH3][Sn]([CH3])([CH3])[c]1nn[nH]n1. The molecule has 1 N–H and O–H groups in total. The molecule has 0 saturated heterocycles. The Balaban J connectivity index is 2.90. The van der Waals surface area contributed by atoms with Crippen molar-refractivity contribution in [3.63, 3.8) is 0 Å². The molecular formula is C4H10N4Sn. The molecule has 0 spiro atoms. The molecule has 1 aromatic heterocycles. The van der Waals surface area contributed by atoms with Gasteiger partial charge in [-0.3, -0.25) is 0 Å². The second-order valence-corrected chi connectivity index (χ2v) is 17.1. The molecule has 1 rings (SSSR count). The number of H-pyrrole nitrogens is 1. The summed E-state index contributed by atoms with van der Waals surface area (Å²) < 4.78 is 0.962. The van der Waals surface area contributed by atoms with Crippen molar-refractivity contribution in [2.45, 2.75) is 14.8 Å². The second-order valence-electron chi connectivity index (χ2n) is 2.99. The topological polar surface area (TPSA) is 54.5 Å². The number of nitrogens with one attached hydrogen (secondary N) is 1. The molecule has 9 heavy (non-hydrogen) atoms. The Bertz CT molecular complexity index is 175. The van der Waals surface area contributed by atoms with Crippen LogP contribution in [0.3, 0.4) is 0 Å². The summed E-state index contributed by atoms with van der Waals surface area (Å²) in [6, 6.07) is 0. The Hall–Kier alpha value is -0.131. The standard InChI is InChI=1S/CHN4.3CH3.Sn/c1-2-4-5-3-1;;;;/h(H,2,3,4,5);3*1H3;. The van der Waals surface area contributed by atoms with Crippen LogP contribution in [-0.4, -0.2) is 39.0 Å². The van der Waals surface area contributed by atoms with E-state index in [1.54, 1.807) is 0 Å². The van der Waals surface area contributed by atoms with Crippen molar-refractivity contribution in [3.05, 3.63) is 0 Å².